The van der Waals surface area contributed by atoms with E-state index in [0.29, 0.717) is 18.4 Å². The molecule has 1 aromatic carbocycles. The molecular formula is C16H24N2OS. The van der Waals surface area contributed by atoms with Crippen molar-refractivity contribution >= 4 is 23.4 Å². The van der Waals surface area contributed by atoms with Crippen molar-refractivity contribution in [2.75, 3.05) is 31.2 Å². The van der Waals surface area contributed by atoms with Crippen LogP contribution in [0, 0.1) is 11.8 Å². The number of nitrogens with zero attached hydrogens (tertiary/aromatic N) is 1. The first kappa shape index (κ1) is 15.4. The van der Waals surface area contributed by atoms with E-state index in [2.05, 4.69) is 24.1 Å². The number of anilines is 1. The maximum atomic E-state index is 12.1. The lowest BCUT2D eigenvalue weighted by Gasteiger charge is -2.34. The molecular weight excluding hydrogens is 268 g/mol. The van der Waals surface area contributed by atoms with Gasteiger partial charge in [-0.25, -0.2) is 0 Å². The molecule has 1 N–H and O–H groups in total. The van der Waals surface area contributed by atoms with Crippen LogP contribution in [0.1, 0.15) is 20.3 Å². The molecule has 0 saturated carbocycles. The van der Waals surface area contributed by atoms with Gasteiger partial charge in [-0.15, -0.1) is 11.8 Å². The first-order valence-corrected chi connectivity index (χ1v) is 8.45. The molecule has 1 heterocycles. The fraction of sp³-hybridized carbons (Fsp3) is 0.562. The minimum Gasteiger partial charge on any atom is -0.325 e. The topological polar surface area (TPSA) is 32.3 Å². The van der Waals surface area contributed by atoms with Crippen LogP contribution in [0.2, 0.25) is 0 Å². The molecule has 0 aromatic heterocycles. The fourth-order valence-corrected chi connectivity index (χ4v) is 3.49. The molecule has 0 radical (unpaired) electrons. The molecule has 20 heavy (non-hydrogen) atoms. The molecule has 1 aromatic rings. The second-order valence-corrected chi connectivity index (χ2v) is 6.80. The third-order valence-corrected chi connectivity index (χ3v) is 4.39. The number of hydrogen-bond acceptors (Lipinski definition) is 3. The molecule has 1 fully saturated rings. The Hall–Kier alpha value is -1.00. The number of likely N-dealkylation sites (tertiary alicyclic amines) is 1. The minimum atomic E-state index is 0.0875. The Morgan fingerprint density at radius 2 is 2.05 bits per heavy atom. The number of hydrogen-bond donors (Lipinski definition) is 1. The van der Waals surface area contributed by atoms with E-state index < -0.39 is 0 Å². The van der Waals surface area contributed by atoms with E-state index in [-0.39, 0.29) is 5.91 Å². The lowest BCUT2D eigenvalue weighted by molar-refractivity contribution is -0.117. The number of nitrogens with one attached hydrogen (secondary N) is 1. The first-order valence-electron chi connectivity index (χ1n) is 7.23. The summed E-state index contributed by atoms with van der Waals surface area (Å²) in [7, 11) is 0. The van der Waals surface area contributed by atoms with E-state index >= 15 is 0 Å². The van der Waals surface area contributed by atoms with Gasteiger partial charge in [0, 0.05) is 23.7 Å². The molecule has 2 unspecified atom stereocenters. The van der Waals surface area contributed by atoms with Gasteiger partial charge in [0.1, 0.15) is 0 Å². The van der Waals surface area contributed by atoms with E-state index in [4.69, 9.17) is 0 Å². The summed E-state index contributed by atoms with van der Waals surface area (Å²) in [5.74, 6) is 1.46. The van der Waals surface area contributed by atoms with Gasteiger partial charge in [0.05, 0.1) is 6.54 Å². The summed E-state index contributed by atoms with van der Waals surface area (Å²) >= 11 is 1.68. The molecule has 2 rings (SSSR count). The lowest BCUT2D eigenvalue weighted by atomic mass is 9.92. The third kappa shape index (κ3) is 4.53. The molecule has 4 heteroatoms. The average molecular weight is 292 g/mol. The summed E-state index contributed by atoms with van der Waals surface area (Å²) in [6.07, 6.45) is 3.31. The third-order valence-electron chi connectivity index (χ3n) is 3.67. The van der Waals surface area contributed by atoms with Crippen molar-refractivity contribution < 1.29 is 4.79 Å². The summed E-state index contributed by atoms with van der Waals surface area (Å²) in [4.78, 5) is 15.6. The zero-order valence-electron chi connectivity index (χ0n) is 12.6. The van der Waals surface area contributed by atoms with Crippen LogP contribution in [0.5, 0.6) is 0 Å². The number of piperidine rings is 1. The molecule has 1 aliphatic rings. The van der Waals surface area contributed by atoms with Gasteiger partial charge < -0.3 is 5.32 Å². The summed E-state index contributed by atoms with van der Waals surface area (Å²) in [6, 6.07) is 7.99. The Bertz CT molecular complexity index is 454. The van der Waals surface area contributed by atoms with Crippen LogP contribution in [-0.4, -0.2) is 36.7 Å². The molecule has 1 aliphatic heterocycles. The van der Waals surface area contributed by atoms with Crippen molar-refractivity contribution in [2.45, 2.75) is 25.2 Å². The number of carbonyl (C=O) groups is 1. The van der Waals surface area contributed by atoms with Crippen molar-refractivity contribution in [3.8, 4) is 0 Å². The highest BCUT2D eigenvalue weighted by Gasteiger charge is 2.23. The summed E-state index contributed by atoms with van der Waals surface area (Å²) in [6.45, 7) is 7.09. The molecule has 2 atom stereocenters. The normalized spacial score (nSPS) is 23.6. The number of rotatable bonds is 4. The van der Waals surface area contributed by atoms with E-state index in [9.17, 15) is 4.79 Å². The highest BCUT2D eigenvalue weighted by Crippen LogP contribution is 2.21. The van der Waals surface area contributed by atoms with Crippen LogP contribution in [-0.2, 0) is 4.79 Å². The number of benzene rings is 1. The maximum absolute atomic E-state index is 12.1. The van der Waals surface area contributed by atoms with Crippen LogP contribution in [0.15, 0.2) is 29.2 Å². The molecule has 0 spiro atoms. The van der Waals surface area contributed by atoms with Gasteiger partial charge >= 0.3 is 0 Å². The predicted molar refractivity (Wildman–Crippen MR) is 86.2 cm³/mol. The monoisotopic (exact) mass is 292 g/mol. The lowest BCUT2D eigenvalue weighted by Crippen LogP contribution is -2.42. The van der Waals surface area contributed by atoms with E-state index in [0.717, 1.165) is 18.8 Å². The van der Waals surface area contributed by atoms with Gasteiger partial charge in [-0.2, -0.15) is 0 Å². The van der Waals surface area contributed by atoms with Crippen LogP contribution < -0.4 is 5.32 Å². The zero-order valence-corrected chi connectivity index (χ0v) is 13.4. The predicted octanol–water partition coefficient (Wildman–Crippen LogP) is 3.32. The van der Waals surface area contributed by atoms with Crippen LogP contribution >= 0.6 is 11.8 Å². The van der Waals surface area contributed by atoms with Crippen molar-refractivity contribution in [3.05, 3.63) is 24.3 Å². The molecule has 0 bridgehead atoms. The largest absolute Gasteiger partial charge is 0.325 e. The highest BCUT2D eigenvalue weighted by atomic mass is 32.2. The van der Waals surface area contributed by atoms with E-state index in [1.165, 1.54) is 11.3 Å². The summed E-state index contributed by atoms with van der Waals surface area (Å²) in [5, 5.41) is 3.00. The van der Waals surface area contributed by atoms with Crippen molar-refractivity contribution in [2.24, 2.45) is 11.8 Å². The van der Waals surface area contributed by atoms with Gasteiger partial charge in [-0.05, 0) is 42.7 Å². The Kier molecular flexibility index (Phi) is 5.49. The van der Waals surface area contributed by atoms with Gasteiger partial charge in [0.15, 0.2) is 0 Å². The highest BCUT2D eigenvalue weighted by molar-refractivity contribution is 7.98. The van der Waals surface area contributed by atoms with Gasteiger partial charge in [-0.1, -0.05) is 19.9 Å². The van der Waals surface area contributed by atoms with E-state index in [1.807, 2.05) is 30.5 Å². The SMILES string of the molecule is CSc1cccc(NC(=O)CN2CC(C)CC(C)C2)c1. The Morgan fingerprint density at radius 1 is 1.35 bits per heavy atom. The average Bonchev–Trinajstić information content (AvgIpc) is 2.37. The summed E-state index contributed by atoms with van der Waals surface area (Å²) < 4.78 is 0. The first-order chi connectivity index (χ1) is 9.56. The number of amides is 1. The van der Waals surface area contributed by atoms with Gasteiger partial charge in [0.2, 0.25) is 5.91 Å². The Morgan fingerprint density at radius 3 is 2.70 bits per heavy atom. The van der Waals surface area contributed by atoms with Gasteiger partial charge in [-0.3, -0.25) is 9.69 Å². The van der Waals surface area contributed by atoms with E-state index in [1.54, 1.807) is 11.8 Å². The zero-order chi connectivity index (χ0) is 14.5. The quantitative estimate of drug-likeness (QED) is 0.864. The molecule has 1 amide bonds. The van der Waals surface area contributed by atoms with Crippen molar-refractivity contribution in [3.63, 3.8) is 0 Å². The van der Waals surface area contributed by atoms with Crippen molar-refractivity contribution in [1.29, 1.82) is 0 Å². The number of thioether (sulfide) groups is 1. The van der Waals surface area contributed by atoms with Crippen LogP contribution in [0.25, 0.3) is 0 Å². The second-order valence-electron chi connectivity index (χ2n) is 5.92. The molecule has 1 saturated heterocycles. The smallest absolute Gasteiger partial charge is 0.238 e. The van der Waals surface area contributed by atoms with Crippen molar-refractivity contribution in [1.82, 2.24) is 4.90 Å². The number of carbonyl (C=O) groups excluding carboxylic acids is 1. The molecule has 0 aliphatic carbocycles. The van der Waals surface area contributed by atoms with Crippen LogP contribution in [0.3, 0.4) is 0 Å². The summed E-state index contributed by atoms with van der Waals surface area (Å²) in [5.41, 5.74) is 0.889. The Labute approximate surface area is 126 Å². The molecule has 3 nitrogen and oxygen atoms in total. The standard InChI is InChI=1S/C16H24N2OS/c1-12-7-13(2)10-18(9-12)11-16(19)17-14-5-4-6-15(8-14)20-3/h4-6,8,12-13H,7,9-11H2,1-3H3,(H,17,19). The fourth-order valence-electron chi connectivity index (χ4n) is 3.03. The maximum Gasteiger partial charge on any atom is 0.238 e. The molecule has 110 valence electrons. The van der Waals surface area contributed by atoms with Crippen LogP contribution in [0.4, 0.5) is 5.69 Å². The Balaban J connectivity index is 1.88. The van der Waals surface area contributed by atoms with Gasteiger partial charge in [0.25, 0.3) is 0 Å². The second kappa shape index (κ2) is 7.14. The minimum absolute atomic E-state index is 0.0875.